The van der Waals surface area contributed by atoms with Gasteiger partial charge in [-0.1, -0.05) is 19.3 Å². The zero-order valence-corrected chi connectivity index (χ0v) is 10.7. The molecule has 0 aliphatic heterocycles. The van der Waals surface area contributed by atoms with Crippen LogP contribution in [0.1, 0.15) is 43.6 Å². The van der Waals surface area contributed by atoms with Crippen molar-refractivity contribution in [1.82, 2.24) is 0 Å². The Morgan fingerprint density at radius 3 is 2.14 bits per heavy atom. The number of rotatable bonds is 1. The summed E-state index contributed by atoms with van der Waals surface area (Å²) in [6.45, 7) is 0. The van der Waals surface area contributed by atoms with Crippen LogP contribution in [0.4, 0.5) is 0 Å². The Morgan fingerprint density at radius 1 is 1.00 bits per heavy atom. The van der Waals surface area contributed by atoms with E-state index >= 15 is 0 Å². The molecule has 0 nitrogen and oxygen atoms in total. The molecule has 14 heavy (non-hydrogen) atoms. The van der Waals surface area contributed by atoms with Gasteiger partial charge in [0.15, 0.2) is 0 Å². The largest absolute Gasteiger partial charge is 2.00 e. The molecule has 1 aromatic carbocycles. The zero-order valence-electron chi connectivity index (χ0n) is 8.51. The van der Waals surface area contributed by atoms with E-state index in [1.807, 2.05) is 12.1 Å². The number of hydrogen-bond acceptors (Lipinski definition) is 0. The third kappa shape index (κ3) is 3.80. The molecular weight excluding hydrogens is 204 g/mol. The van der Waals surface area contributed by atoms with Crippen LogP contribution in [0.15, 0.2) is 24.3 Å². The number of hydrogen-bond donors (Lipinski definition) is 0. The molecule has 0 atom stereocenters. The Bertz CT molecular complexity index is 229. The Morgan fingerprint density at radius 2 is 1.57 bits per heavy atom. The fourth-order valence-electron chi connectivity index (χ4n) is 2.11. The summed E-state index contributed by atoms with van der Waals surface area (Å²) in [5.41, 5.74) is 1.52. The molecule has 2 rings (SSSR count). The van der Waals surface area contributed by atoms with Crippen molar-refractivity contribution in [2.75, 3.05) is 0 Å². The second-order valence-corrected chi connectivity index (χ2v) is 3.67. The standard InChI is InChI=1S/C12H15.ClH.Mg/c1-3-7-11(8-4-1)12-9-5-2-6-10-12;;/h5-6,9-11H,1,3-4,7-8H2;1H;/q-1;;+2/p-1. The van der Waals surface area contributed by atoms with Crippen LogP contribution in [-0.2, 0) is 0 Å². The van der Waals surface area contributed by atoms with E-state index in [2.05, 4.69) is 18.2 Å². The summed E-state index contributed by atoms with van der Waals surface area (Å²) < 4.78 is 0. The molecule has 0 aromatic heterocycles. The van der Waals surface area contributed by atoms with Crippen molar-refractivity contribution >= 4 is 23.1 Å². The minimum atomic E-state index is 0. The van der Waals surface area contributed by atoms with E-state index in [0.717, 1.165) is 5.92 Å². The second kappa shape index (κ2) is 7.55. The van der Waals surface area contributed by atoms with Crippen molar-refractivity contribution in [2.24, 2.45) is 0 Å². The van der Waals surface area contributed by atoms with Gasteiger partial charge >= 0.3 is 23.1 Å². The van der Waals surface area contributed by atoms with Crippen molar-refractivity contribution in [2.45, 2.75) is 38.0 Å². The fourth-order valence-corrected chi connectivity index (χ4v) is 2.11. The summed E-state index contributed by atoms with van der Waals surface area (Å²) in [5.74, 6) is 0.841. The van der Waals surface area contributed by atoms with Crippen molar-refractivity contribution < 1.29 is 12.4 Å². The summed E-state index contributed by atoms with van der Waals surface area (Å²) >= 11 is 0. The molecule has 0 amide bonds. The quantitative estimate of drug-likeness (QED) is 0.466. The van der Waals surface area contributed by atoms with Crippen LogP contribution >= 0.6 is 0 Å². The van der Waals surface area contributed by atoms with Crippen molar-refractivity contribution in [1.29, 1.82) is 0 Å². The third-order valence-corrected chi connectivity index (χ3v) is 2.82. The normalized spacial score (nSPS) is 16.6. The smallest absolute Gasteiger partial charge is 1.00 e. The molecule has 1 fully saturated rings. The number of halogens is 1. The van der Waals surface area contributed by atoms with Crippen LogP contribution in [0, 0.1) is 6.07 Å². The molecule has 1 aliphatic carbocycles. The van der Waals surface area contributed by atoms with Crippen molar-refractivity contribution in [3.63, 3.8) is 0 Å². The molecule has 0 bridgehead atoms. The van der Waals surface area contributed by atoms with Crippen LogP contribution in [0.3, 0.4) is 0 Å². The van der Waals surface area contributed by atoms with E-state index in [9.17, 15) is 0 Å². The predicted molar refractivity (Wildman–Crippen MR) is 56.9 cm³/mol. The molecule has 1 aliphatic rings. The van der Waals surface area contributed by atoms with Gasteiger partial charge in [0, 0.05) is 0 Å². The maximum atomic E-state index is 3.07. The van der Waals surface area contributed by atoms with Crippen LogP contribution in [0.5, 0.6) is 0 Å². The van der Waals surface area contributed by atoms with Gasteiger partial charge < -0.3 is 12.4 Å². The maximum Gasteiger partial charge on any atom is 2.00 e. The minimum Gasteiger partial charge on any atom is -1.00 e. The van der Waals surface area contributed by atoms with Crippen LogP contribution < -0.4 is 12.4 Å². The van der Waals surface area contributed by atoms with Crippen molar-refractivity contribution in [3.05, 3.63) is 35.9 Å². The van der Waals surface area contributed by atoms with Crippen LogP contribution in [-0.4, -0.2) is 23.1 Å². The molecule has 0 N–H and O–H groups in total. The molecule has 0 heterocycles. The topological polar surface area (TPSA) is 0 Å². The molecular formula is C12H15ClMg. The van der Waals surface area contributed by atoms with Gasteiger partial charge in [-0.15, -0.1) is 0 Å². The summed E-state index contributed by atoms with van der Waals surface area (Å²) in [6, 6.07) is 11.6. The molecule has 1 saturated carbocycles. The Balaban J connectivity index is 0.000000845. The van der Waals surface area contributed by atoms with Gasteiger partial charge in [-0.2, -0.15) is 35.9 Å². The molecule has 1 aromatic rings. The van der Waals surface area contributed by atoms with E-state index < -0.39 is 0 Å². The van der Waals surface area contributed by atoms with Crippen molar-refractivity contribution in [3.8, 4) is 0 Å². The number of benzene rings is 1. The minimum absolute atomic E-state index is 0. The van der Waals surface area contributed by atoms with Gasteiger partial charge in [0.25, 0.3) is 0 Å². The summed E-state index contributed by atoms with van der Waals surface area (Å²) in [6.07, 6.45) is 7.07. The first-order valence-corrected chi connectivity index (χ1v) is 4.93. The molecule has 0 unspecified atom stereocenters. The van der Waals surface area contributed by atoms with Gasteiger partial charge in [0.05, 0.1) is 0 Å². The molecule has 2 heteroatoms. The Labute approximate surface area is 109 Å². The first kappa shape index (κ1) is 14.3. The molecule has 72 valence electrons. The summed E-state index contributed by atoms with van der Waals surface area (Å²) in [5, 5.41) is 0. The monoisotopic (exact) mass is 218 g/mol. The van der Waals surface area contributed by atoms with Gasteiger partial charge in [-0.3, -0.25) is 0 Å². The first-order chi connectivity index (χ1) is 5.97. The van der Waals surface area contributed by atoms with Crippen LogP contribution in [0.25, 0.3) is 0 Å². The predicted octanol–water partition coefficient (Wildman–Crippen LogP) is 0.158. The maximum absolute atomic E-state index is 3.07. The Hall–Kier alpha value is 0.276. The van der Waals surface area contributed by atoms with E-state index in [0.29, 0.717) is 0 Å². The average molecular weight is 219 g/mol. The van der Waals surface area contributed by atoms with Gasteiger partial charge in [0.2, 0.25) is 0 Å². The van der Waals surface area contributed by atoms with Gasteiger partial charge in [0.1, 0.15) is 0 Å². The Kier molecular flexibility index (Phi) is 7.70. The van der Waals surface area contributed by atoms with E-state index in [1.165, 1.54) is 37.7 Å². The SMILES string of the molecule is [Cl-].[Mg+2].[c-]1ccc(C2CCCCC2)cc1. The second-order valence-electron chi connectivity index (χ2n) is 3.67. The van der Waals surface area contributed by atoms with E-state index in [-0.39, 0.29) is 35.5 Å². The van der Waals surface area contributed by atoms with Gasteiger partial charge in [-0.25, -0.2) is 0 Å². The average Bonchev–Trinajstić information content (AvgIpc) is 2.21. The first-order valence-electron chi connectivity index (χ1n) is 4.93. The van der Waals surface area contributed by atoms with E-state index in [4.69, 9.17) is 0 Å². The summed E-state index contributed by atoms with van der Waals surface area (Å²) in [7, 11) is 0. The summed E-state index contributed by atoms with van der Waals surface area (Å²) in [4.78, 5) is 0. The fraction of sp³-hybridized carbons (Fsp3) is 0.500. The van der Waals surface area contributed by atoms with E-state index in [1.54, 1.807) is 0 Å². The molecule has 0 saturated heterocycles. The molecule has 0 spiro atoms. The molecule has 0 radical (unpaired) electrons. The van der Waals surface area contributed by atoms with Gasteiger partial charge in [-0.05, 0) is 18.8 Å². The van der Waals surface area contributed by atoms with Crippen LogP contribution in [0.2, 0.25) is 0 Å². The third-order valence-electron chi connectivity index (χ3n) is 2.82. The zero-order chi connectivity index (χ0) is 8.23.